The zero-order valence-corrected chi connectivity index (χ0v) is 12.5. The van der Waals surface area contributed by atoms with Gasteiger partial charge in [-0.3, -0.25) is 4.79 Å². The summed E-state index contributed by atoms with van der Waals surface area (Å²) in [6.07, 6.45) is 0. The molecule has 0 saturated heterocycles. The maximum atomic E-state index is 11.9. The van der Waals surface area contributed by atoms with Crippen molar-refractivity contribution in [2.24, 2.45) is 5.73 Å². The van der Waals surface area contributed by atoms with E-state index in [-0.39, 0.29) is 12.5 Å². The molecule has 0 fully saturated rings. The number of ether oxygens (including phenoxy) is 2. The first-order valence-electron chi connectivity index (χ1n) is 7.01. The van der Waals surface area contributed by atoms with E-state index in [1.165, 1.54) is 0 Å². The van der Waals surface area contributed by atoms with Crippen LogP contribution in [0, 0.1) is 0 Å². The molecule has 0 aromatic heterocycles. The summed E-state index contributed by atoms with van der Waals surface area (Å²) in [5.74, 6) is 0.592. The van der Waals surface area contributed by atoms with Gasteiger partial charge in [-0.2, -0.15) is 0 Å². The number of para-hydroxylation sites is 1. The van der Waals surface area contributed by atoms with Gasteiger partial charge in [-0.1, -0.05) is 30.3 Å². The largest absolute Gasteiger partial charge is 0.497 e. The van der Waals surface area contributed by atoms with Crippen LogP contribution in [0.2, 0.25) is 0 Å². The first-order chi connectivity index (χ1) is 10.7. The van der Waals surface area contributed by atoms with Crippen LogP contribution < -0.4 is 15.8 Å². The van der Waals surface area contributed by atoms with Gasteiger partial charge in [0.2, 0.25) is 5.91 Å². The standard InChI is InChI=1S/C17H20N2O3/c1-21-15-8-6-13(7-9-15)11-22-12-17(20)19-16-5-3-2-4-14(16)10-18/h2-9H,10-12,18H2,1H3,(H,19,20). The Hall–Kier alpha value is -2.37. The highest BCUT2D eigenvalue weighted by Crippen LogP contribution is 2.14. The van der Waals surface area contributed by atoms with Crippen molar-refractivity contribution in [3.8, 4) is 5.75 Å². The molecule has 0 aliphatic carbocycles. The SMILES string of the molecule is COc1ccc(COCC(=O)Nc2ccccc2CN)cc1. The van der Waals surface area contributed by atoms with Gasteiger partial charge in [0.25, 0.3) is 0 Å². The molecule has 2 aromatic carbocycles. The summed E-state index contributed by atoms with van der Waals surface area (Å²) in [5, 5.41) is 2.80. The lowest BCUT2D eigenvalue weighted by Gasteiger charge is -2.10. The molecule has 0 saturated carbocycles. The van der Waals surface area contributed by atoms with E-state index >= 15 is 0 Å². The lowest BCUT2D eigenvalue weighted by molar-refractivity contribution is -0.121. The lowest BCUT2D eigenvalue weighted by Crippen LogP contribution is -2.19. The fourth-order valence-corrected chi connectivity index (χ4v) is 1.99. The quantitative estimate of drug-likeness (QED) is 0.823. The Morgan fingerprint density at radius 3 is 2.55 bits per heavy atom. The Balaban J connectivity index is 1.80. The highest BCUT2D eigenvalue weighted by molar-refractivity contribution is 5.92. The van der Waals surface area contributed by atoms with Crippen LogP contribution in [-0.2, 0) is 22.7 Å². The molecule has 0 radical (unpaired) electrons. The number of nitrogens with two attached hydrogens (primary N) is 1. The average Bonchev–Trinajstić information content (AvgIpc) is 2.56. The highest BCUT2D eigenvalue weighted by Gasteiger charge is 2.06. The maximum absolute atomic E-state index is 11.9. The topological polar surface area (TPSA) is 73.6 Å². The summed E-state index contributed by atoms with van der Waals surface area (Å²) in [7, 11) is 1.62. The fraction of sp³-hybridized carbons (Fsp3) is 0.235. The second kappa shape index (κ2) is 8.17. The average molecular weight is 300 g/mol. The molecule has 0 aliphatic rings. The van der Waals surface area contributed by atoms with Crippen molar-refractivity contribution >= 4 is 11.6 Å². The van der Waals surface area contributed by atoms with Gasteiger partial charge in [-0.15, -0.1) is 0 Å². The van der Waals surface area contributed by atoms with Crippen molar-refractivity contribution in [3.63, 3.8) is 0 Å². The molecule has 0 bridgehead atoms. The van der Waals surface area contributed by atoms with Crippen LogP contribution in [-0.4, -0.2) is 19.6 Å². The van der Waals surface area contributed by atoms with Crippen molar-refractivity contribution in [2.45, 2.75) is 13.2 Å². The predicted octanol–water partition coefficient (Wildman–Crippen LogP) is 2.31. The number of nitrogens with one attached hydrogen (secondary N) is 1. The van der Waals surface area contributed by atoms with Crippen LogP contribution in [0.5, 0.6) is 5.75 Å². The van der Waals surface area contributed by atoms with Gasteiger partial charge in [0.15, 0.2) is 0 Å². The van der Waals surface area contributed by atoms with Gasteiger partial charge in [-0.05, 0) is 29.3 Å². The number of hydrogen-bond donors (Lipinski definition) is 2. The molecule has 2 rings (SSSR count). The van der Waals surface area contributed by atoms with Gasteiger partial charge in [-0.25, -0.2) is 0 Å². The Bertz CT molecular complexity index is 612. The number of anilines is 1. The van der Waals surface area contributed by atoms with Gasteiger partial charge < -0.3 is 20.5 Å². The highest BCUT2D eigenvalue weighted by atomic mass is 16.5. The molecule has 1 amide bonds. The summed E-state index contributed by atoms with van der Waals surface area (Å²) < 4.78 is 10.5. The molecular weight excluding hydrogens is 280 g/mol. The summed E-state index contributed by atoms with van der Waals surface area (Å²) in [6.45, 7) is 0.740. The zero-order valence-electron chi connectivity index (χ0n) is 12.5. The van der Waals surface area contributed by atoms with E-state index in [0.29, 0.717) is 13.2 Å². The van der Waals surface area contributed by atoms with Crippen LogP contribution in [0.3, 0.4) is 0 Å². The molecule has 22 heavy (non-hydrogen) atoms. The Morgan fingerprint density at radius 2 is 1.86 bits per heavy atom. The predicted molar refractivity (Wildman–Crippen MR) is 85.6 cm³/mol. The number of carbonyl (C=O) groups excluding carboxylic acids is 1. The summed E-state index contributed by atoms with van der Waals surface area (Å²) in [5.41, 5.74) is 8.24. The third kappa shape index (κ3) is 4.58. The van der Waals surface area contributed by atoms with Crippen LogP contribution in [0.1, 0.15) is 11.1 Å². The first kappa shape index (κ1) is 16.0. The molecule has 5 nitrogen and oxygen atoms in total. The summed E-state index contributed by atoms with van der Waals surface area (Å²) in [6, 6.07) is 15.0. The monoisotopic (exact) mass is 300 g/mol. The van der Waals surface area contributed by atoms with Crippen molar-refractivity contribution in [1.29, 1.82) is 0 Å². The van der Waals surface area contributed by atoms with Crippen molar-refractivity contribution in [2.75, 3.05) is 19.0 Å². The van der Waals surface area contributed by atoms with E-state index in [2.05, 4.69) is 5.32 Å². The number of carbonyl (C=O) groups is 1. The third-order valence-corrected chi connectivity index (χ3v) is 3.17. The number of benzene rings is 2. The molecule has 0 unspecified atom stereocenters. The minimum atomic E-state index is -0.200. The van der Waals surface area contributed by atoms with Crippen molar-refractivity contribution < 1.29 is 14.3 Å². The Kier molecular flexibility index (Phi) is 5.94. The molecular formula is C17H20N2O3. The van der Waals surface area contributed by atoms with Crippen LogP contribution >= 0.6 is 0 Å². The van der Waals surface area contributed by atoms with Crippen molar-refractivity contribution in [3.05, 3.63) is 59.7 Å². The normalized spacial score (nSPS) is 10.3. The molecule has 116 valence electrons. The van der Waals surface area contributed by atoms with Gasteiger partial charge >= 0.3 is 0 Å². The second-order valence-corrected chi connectivity index (χ2v) is 4.75. The lowest BCUT2D eigenvalue weighted by atomic mass is 10.2. The number of hydrogen-bond acceptors (Lipinski definition) is 4. The van der Waals surface area contributed by atoms with Crippen LogP contribution in [0.15, 0.2) is 48.5 Å². The molecule has 3 N–H and O–H groups in total. The third-order valence-electron chi connectivity index (χ3n) is 3.17. The number of amides is 1. The van der Waals surface area contributed by atoms with E-state index in [4.69, 9.17) is 15.2 Å². The van der Waals surface area contributed by atoms with Crippen molar-refractivity contribution in [1.82, 2.24) is 0 Å². The van der Waals surface area contributed by atoms with E-state index < -0.39 is 0 Å². The van der Waals surface area contributed by atoms with E-state index in [1.807, 2.05) is 48.5 Å². The molecule has 5 heteroatoms. The molecule has 0 atom stereocenters. The minimum Gasteiger partial charge on any atom is -0.497 e. The molecule has 0 heterocycles. The Labute approximate surface area is 130 Å². The molecule has 2 aromatic rings. The van der Waals surface area contributed by atoms with Crippen LogP contribution in [0.4, 0.5) is 5.69 Å². The zero-order chi connectivity index (χ0) is 15.8. The maximum Gasteiger partial charge on any atom is 0.250 e. The van der Waals surface area contributed by atoms with Gasteiger partial charge in [0.05, 0.1) is 13.7 Å². The minimum absolute atomic E-state index is 0.00899. The smallest absolute Gasteiger partial charge is 0.250 e. The van der Waals surface area contributed by atoms with Gasteiger partial charge in [0, 0.05) is 12.2 Å². The van der Waals surface area contributed by atoms with Gasteiger partial charge in [0.1, 0.15) is 12.4 Å². The number of rotatable bonds is 7. The molecule has 0 aliphatic heterocycles. The van der Waals surface area contributed by atoms with Crippen LogP contribution in [0.25, 0.3) is 0 Å². The number of methoxy groups -OCH3 is 1. The van der Waals surface area contributed by atoms with E-state index in [0.717, 1.165) is 22.6 Å². The molecule has 0 spiro atoms. The summed E-state index contributed by atoms with van der Waals surface area (Å²) >= 11 is 0. The fourth-order valence-electron chi connectivity index (χ4n) is 1.99. The van der Waals surface area contributed by atoms with E-state index in [9.17, 15) is 4.79 Å². The van der Waals surface area contributed by atoms with E-state index in [1.54, 1.807) is 7.11 Å². The first-order valence-corrected chi connectivity index (χ1v) is 7.01. The second-order valence-electron chi connectivity index (χ2n) is 4.75. The Morgan fingerprint density at radius 1 is 1.14 bits per heavy atom. The summed E-state index contributed by atoms with van der Waals surface area (Å²) in [4.78, 5) is 11.9.